The summed E-state index contributed by atoms with van der Waals surface area (Å²) in [6, 6.07) is 15.8. The van der Waals surface area contributed by atoms with E-state index in [9.17, 15) is 9.59 Å². The quantitative estimate of drug-likeness (QED) is 0.475. The number of amides is 2. The summed E-state index contributed by atoms with van der Waals surface area (Å²) in [6.07, 6.45) is 5.39. The molecular formula is C28H35N7O2. The van der Waals surface area contributed by atoms with Crippen LogP contribution in [0, 0.1) is 5.92 Å². The summed E-state index contributed by atoms with van der Waals surface area (Å²) in [5.41, 5.74) is 9.34. The van der Waals surface area contributed by atoms with Crippen molar-refractivity contribution < 1.29 is 9.59 Å². The number of rotatable bonds is 6. The predicted octanol–water partition coefficient (Wildman–Crippen LogP) is 3.34. The average molecular weight is 502 g/mol. The van der Waals surface area contributed by atoms with Gasteiger partial charge in [0.1, 0.15) is 6.04 Å². The number of nitrogens with one attached hydrogen (secondary N) is 2. The molecule has 0 bridgehead atoms. The zero-order chi connectivity index (χ0) is 26.0. The molecule has 1 aromatic heterocycles. The Bertz CT molecular complexity index is 1240. The first-order valence-electron chi connectivity index (χ1n) is 13.1. The number of carbonyl (C=O) groups is 2. The second-order valence-corrected chi connectivity index (χ2v) is 10.9. The van der Waals surface area contributed by atoms with Gasteiger partial charge in [0, 0.05) is 17.8 Å². The van der Waals surface area contributed by atoms with Gasteiger partial charge in [-0.1, -0.05) is 42.5 Å². The Morgan fingerprint density at radius 2 is 1.81 bits per heavy atom. The van der Waals surface area contributed by atoms with Gasteiger partial charge in [-0.3, -0.25) is 9.59 Å². The fourth-order valence-corrected chi connectivity index (χ4v) is 5.63. The average Bonchev–Trinajstić information content (AvgIpc) is 3.40. The molecule has 1 aliphatic heterocycles. The molecule has 2 aromatic carbocycles. The fraction of sp³-hybridized carbons (Fsp3) is 0.464. The summed E-state index contributed by atoms with van der Waals surface area (Å²) in [5.74, 6) is 1.06. The molecule has 2 amide bonds. The Morgan fingerprint density at radius 1 is 1.08 bits per heavy atom. The normalized spacial score (nSPS) is 22.3. The molecule has 2 heterocycles. The van der Waals surface area contributed by atoms with Crippen molar-refractivity contribution in [2.75, 3.05) is 11.4 Å². The zero-order valence-corrected chi connectivity index (χ0v) is 21.5. The topological polar surface area (TPSA) is 130 Å². The van der Waals surface area contributed by atoms with Crippen molar-refractivity contribution in [2.24, 2.45) is 11.7 Å². The first kappa shape index (κ1) is 25.1. The lowest BCUT2D eigenvalue weighted by Gasteiger charge is -2.34. The van der Waals surface area contributed by atoms with Crippen LogP contribution in [0.4, 0.5) is 5.69 Å². The van der Waals surface area contributed by atoms with Gasteiger partial charge in [0.25, 0.3) is 0 Å². The van der Waals surface area contributed by atoms with E-state index in [0.29, 0.717) is 30.6 Å². The van der Waals surface area contributed by atoms with Gasteiger partial charge in [-0.05, 0) is 86.6 Å². The highest BCUT2D eigenvalue weighted by molar-refractivity contribution is 6.01. The van der Waals surface area contributed by atoms with Gasteiger partial charge in [-0.25, -0.2) is 0 Å². The van der Waals surface area contributed by atoms with E-state index in [1.807, 2.05) is 29.2 Å². The number of aromatic amines is 1. The van der Waals surface area contributed by atoms with Gasteiger partial charge in [0.15, 0.2) is 0 Å². The predicted molar refractivity (Wildman–Crippen MR) is 142 cm³/mol. The van der Waals surface area contributed by atoms with Crippen molar-refractivity contribution in [3.8, 4) is 11.4 Å². The molecule has 1 aliphatic carbocycles. The lowest BCUT2D eigenvalue weighted by atomic mass is 9.77. The molecule has 9 nitrogen and oxygen atoms in total. The number of anilines is 1. The van der Waals surface area contributed by atoms with Crippen molar-refractivity contribution in [1.82, 2.24) is 25.9 Å². The van der Waals surface area contributed by atoms with E-state index in [0.717, 1.165) is 48.9 Å². The standard InChI is InChI=1S/C28H35N7O2/c1-28(2,29)27(37)30-23-16-15-20-7-3-6-10-24(20)35(26(23)36)17-18-11-13-19(14-12-18)21-8-4-5-9-22(21)25-31-33-34-32-25/h3-10,18-19,23H,11-17,29H2,1-2H3,(H,30,37)(H,31,32,33,34)/t18?,19?,23-/m1/s1. The van der Waals surface area contributed by atoms with Crippen molar-refractivity contribution in [3.63, 3.8) is 0 Å². The van der Waals surface area contributed by atoms with Crippen LogP contribution in [-0.2, 0) is 16.0 Å². The highest BCUT2D eigenvalue weighted by Gasteiger charge is 2.36. The summed E-state index contributed by atoms with van der Waals surface area (Å²) in [6.45, 7) is 3.96. The molecule has 0 radical (unpaired) electrons. The minimum Gasteiger partial charge on any atom is -0.343 e. The van der Waals surface area contributed by atoms with Crippen molar-refractivity contribution in [3.05, 3.63) is 59.7 Å². The second-order valence-electron chi connectivity index (χ2n) is 10.9. The molecule has 1 saturated carbocycles. The number of nitrogens with two attached hydrogens (primary N) is 1. The third-order valence-electron chi connectivity index (χ3n) is 7.71. The summed E-state index contributed by atoms with van der Waals surface area (Å²) in [5, 5.41) is 17.6. The van der Waals surface area contributed by atoms with Crippen LogP contribution in [0.25, 0.3) is 11.4 Å². The summed E-state index contributed by atoms with van der Waals surface area (Å²) >= 11 is 0. The van der Waals surface area contributed by atoms with Gasteiger partial charge in [-0.2, -0.15) is 5.21 Å². The number of tetrazole rings is 1. The van der Waals surface area contributed by atoms with Gasteiger partial charge in [-0.15, -0.1) is 10.2 Å². The molecule has 2 aliphatic rings. The fourth-order valence-electron chi connectivity index (χ4n) is 5.63. The molecular weight excluding hydrogens is 466 g/mol. The molecule has 1 atom stereocenters. The first-order chi connectivity index (χ1) is 17.8. The molecule has 4 N–H and O–H groups in total. The molecule has 194 valence electrons. The number of H-pyrrole nitrogens is 1. The van der Waals surface area contributed by atoms with Gasteiger partial charge in [0.2, 0.25) is 17.6 Å². The number of carbonyl (C=O) groups excluding carboxylic acids is 2. The summed E-state index contributed by atoms with van der Waals surface area (Å²) in [4.78, 5) is 28.3. The Balaban J connectivity index is 1.31. The van der Waals surface area contributed by atoms with Crippen LogP contribution < -0.4 is 16.0 Å². The maximum atomic E-state index is 13.8. The van der Waals surface area contributed by atoms with Crippen LogP contribution in [0.1, 0.15) is 63.0 Å². The van der Waals surface area contributed by atoms with E-state index in [4.69, 9.17) is 5.73 Å². The third-order valence-corrected chi connectivity index (χ3v) is 7.71. The monoisotopic (exact) mass is 501 g/mol. The molecule has 5 rings (SSSR count). The van der Waals surface area contributed by atoms with Crippen LogP contribution in [0.2, 0.25) is 0 Å². The molecule has 0 unspecified atom stereocenters. The Labute approximate surface area is 217 Å². The molecule has 9 heteroatoms. The van der Waals surface area contributed by atoms with E-state index in [1.165, 1.54) is 5.56 Å². The van der Waals surface area contributed by atoms with Gasteiger partial charge in [0.05, 0.1) is 5.54 Å². The highest BCUT2D eigenvalue weighted by Crippen LogP contribution is 2.40. The lowest BCUT2D eigenvalue weighted by molar-refractivity contribution is -0.130. The third kappa shape index (κ3) is 5.41. The number of benzene rings is 2. The Kier molecular flexibility index (Phi) is 7.06. The van der Waals surface area contributed by atoms with Crippen molar-refractivity contribution >= 4 is 17.5 Å². The van der Waals surface area contributed by atoms with E-state index >= 15 is 0 Å². The number of aromatic nitrogens is 4. The molecule has 1 fully saturated rings. The van der Waals surface area contributed by atoms with Gasteiger partial charge >= 0.3 is 0 Å². The number of para-hydroxylation sites is 1. The van der Waals surface area contributed by atoms with Crippen LogP contribution in [-0.4, -0.2) is 50.6 Å². The van der Waals surface area contributed by atoms with Crippen LogP contribution in [0.3, 0.4) is 0 Å². The smallest absolute Gasteiger partial charge is 0.249 e. The van der Waals surface area contributed by atoms with Crippen LogP contribution in [0.15, 0.2) is 48.5 Å². The Morgan fingerprint density at radius 3 is 2.54 bits per heavy atom. The minimum absolute atomic E-state index is 0.0490. The first-order valence-corrected chi connectivity index (χ1v) is 13.1. The van der Waals surface area contributed by atoms with Gasteiger partial charge < -0.3 is 16.0 Å². The van der Waals surface area contributed by atoms with E-state index < -0.39 is 11.6 Å². The highest BCUT2D eigenvalue weighted by atomic mass is 16.2. The Hall–Kier alpha value is -3.59. The maximum Gasteiger partial charge on any atom is 0.249 e. The number of hydrogen-bond acceptors (Lipinski definition) is 6. The van der Waals surface area contributed by atoms with E-state index in [2.05, 4.69) is 50.2 Å². The minimum atomic E-state index is -1.04. The zero-order valence-electron chi connectivity index (χ0n) is 21.5. The summed E-state index contributed by atoms with van der Waals surface area (Å²) in [7, 11) is 0. The number of hydrogen-bond donors (Lipinski definition) is 3. The number of aryl methyl sites for hydroxylation is 1. The molecule has 0 saturated heterocycles. The molecule has 3 aromatic rings. The second kappa shape index (κ2) is 10.4. The number of fused-ring (bicyclic) bond motifs is 1. The summed E-state index contributed by atoms with van der Waals surface area (Å²) < 4.78 is 0. The largest absolute Gasteiger partial charge is 0.343 e. The molecule has 37 heavy (non-hydrogen) atoms. The van der Waals surface area contributed by atoms with Crippen LogP contribution >= 0.6 is 0 Å². The van der Waals surface area contributed by atoms with E-state index in [-0.39, 0.29) is 11.8 Å². The van der Waals surface area contributed by atoms with E-state index in [1.54, 1.807) is 13.8 Å². The van der Waals surface area contributed by atoms with Crippen molar-refractivity contribution in [1.29, 1.82) is 0 Å². The van der Waals surface area contributed by atoms with Crippen LogP contribution in [0.5, 0.6) is 0 Å². The SMILES string of the molecule is CC(C)(N)C(=O)N[C@@H]1CCc2ccccc2N(CC2CCC(c3ccccc3-c3nn[nH]n3)CC2)C1=O. The maximum absolute atomic E-state index is 13.8. The molecule has 0 spiro atoms. The lowest BCUT2D eigenvalue weighted by Crippen LogP contribution is -2.56. The number of nitrogens with zero attached hydrogens (tertiary/aromatic N) is 4. The van der Waals surface area contributed by atoms with Crippen molar-refractivity contribution in [2.45, 2.75) is 69.9 Å².